The van der Waals surface area contributed by atoms with Gasteiger partial charge < -0.3 is 14.7 Å². The summed E-state index contributed by atoms with van der Waals surface area (Å²) in [6.45, 7) is 3.55. The largest absolute Gasteiger partial charge is 0.497 e. The van der Waals surface area contributed by atoms with Crippen molar-refractivity contribution in [1.82, 2.24) is 0 Å². The van der Waals surface area contributed by atoms with Crippen molar-refractivity contribution in [3.8, 4) is 5.75 Å². The number of methoxy groups -OCH3 is 1. The number of hydrogen-bond acceptors (Lipinski definition) is 3. The van der Waals surface area contributed by atoms with E-state index >= 15 is 0 Å². The predicted molar refractivity (Wildman–Crippen MR) is 62.6 cm³/mol. The van der Waals surface area contributed by atoms with Crippen molar-refractivity contribution < 1.29 is 9.84 Å². The van der Waals surface area contributed by atoms with Crippen molar-refractivity contribution in [2.75, 3.05) is 26.1 Å². The Morgan fingerprint density at radius 1 is 1.27 bits per heavy atom. The Labute approximate surface area is 91.3 Å². The van der Waals surface area contributed by atoms with Crippen LogP contribution in [0.5, 0.6) is 5.75 Å². The number of nitrogens with zero attached hydrogens (tertiary/aromatic N) is 1. The van der Waals surface area contributed by atoms with E-state index in [4.69, 9.17) is 4.74 Å². The molecule has 1 aromatic rings. The Morgan fingerprint density at radius 2 is 1.87 bits per heavy atom. The Bertz CT molecular complexity index is 340. The lowest BCUT2D eigenvalue weighted by Crippen LogP contribution is -2.21. The third-order valence-corrected chi connectivity index (χ3v) is 2.34. The van der Waals surface area contributed by atoms with Crippen LogP contribution >= 0.6 is 0 Å². The second-order valence-electron chi connectivity index (χ2n) is 4.34. The summed E-state index contributed by atoms with van der Waals surface area (Å²) in [7, 11) is 5.53. The summed E-state index contributed by atoms with van der Waals surface area (Å²) in [6, 6.07) is 5.71. The minimum absolute atomic E-state index is 0.762. The van der Waals surface area contributed by atoms with Gasteiger partial charge in [-0.1, -0.05) is 0 Å². The first-order chi connectivity index (χ1) is 6.86. The molecule has 0 atom stereocenters. The summed E-state index contributed by atoms with van der Waals surface area (Å²) in [5.74, 6) is 0.762. The number of aliphatic hydroxyl groups is 1. The summed E-state index contributed by atoms with van der Waals surface area (Å²) in [5.41, 5.74) is 1.00. The fourth-order valence-corrected chi connectivity index (χ4v) is 1.52. The van der Waals surface area contributed by atoms with E-state index in [0.29, 0.717) is 0 Å². The van der Waals surface area contributed by atoms with Crippen molar-refractivity contribution in [1.29, 1.82) is 0 Å². The first-order valence-corrected chi connectivity index (χ1v) is 4.94. The van der Waals surface area contributed by atoms with Crippen molar-refractivity contribution in [2.24, 2.45) is 0 Å². The van der Waals surface area contributed by atoms with Crippen LogP contribution in [0.3, 0.4) is 0 Å². The molecule has 0 heterocycles. The number of hydrogen-bond donors (Lipinski definition) is 1. The molecular weight excluding hydrogens is 190 g/mol. The van der Waals surface area contributed by atoms with E-state index < -0.39 is 5.60 Å². The third-order valence-electron chi connectivity index (χ3n) is 2.34. The van der Waals surface area contributed by atoms with Crippen LogP contribution in [-0.4, -0.2) is 26.3 Å². The molecule has 3 heteroatoms. The summed E-state index contributed by atoms with van der Waals surface area (Å²) >= 11 is 0. The van der Waals surface area contributed by atoms with Crippen molar-refractivity contribution in [3.63, 3.8) is 0 Å². The van der Waals surface area contributed by atoms with Gasteiger partial charge >= 0.3 is 0 Å². The first-order valence-electron chi connectivity index (χ1n) is 4.94. The molecule has 0 unspecified atom stereocenters. The van der Waals surface area contributed by atoms with Gasteiger partial charge in [-0.25, -0.2) is 0 Å². The van der Waals surface area contributed by atoms with E-state index in [2.05, 4.69) is 0 Å². The molecule has 0 spiro atoms. The Hall–Kier alpha value is -1.22. The van der Waals surface area contributed by atoms with Crippen LogP contribution in [0.1, 0.15) is 19.4 Å². The Morgan fingerprint density at radius 3 is 2.27 bits per heavy atom. The summed E-state index contributed by atoms with van der Waals surface area (Å²) in [6.07, 6.45) is 0. The van der Waals surface area contributed by atoms with E-state index in [9.17, 15) is 5.11 Å². The maximum Gasteiger partial charge on any atom is 0.119 e. The highest BCUT2D eigenvalue weighted by atomic mass is 16.5. The van der Waals surface area contributed by atoms with Gasteiger partial charge in [0.2, 0.25) is 0 Å². The zero-order valence-electron chi connectivity index (χ0n) is 10.0. The molecule has 1 rings (SSSR count). The van der Waals surface area contributed by atoms with E-state index in [1.54, 1.807) is 21.0 Å². The van der Waals surface area contributed by atoms with Crippen molar-refractivity contribution >= 4 is 5.69 Å². The number of anilines is 1. The number of rotatable bonds is 3. The molecule has 0 aromatic heterocycles. The molecule has 0 aliphatic rings. The van der Waals surface area contributed by atoms with Gasteiger partial charge in [-0.3, -0.25) is 0 Å². The topological polar surface area (TPSA) is 32.7 Å². The zero-order chi connectivity index (χ0) is 11.6. The highest BCUT2D eigenvalue weighted by molar-refractivity contribution is 5.57. The standard InChI is InChI=1S/C12H19NO2/c1-12(2,14)10-8-9(15-5)6-7-11(10)13(3)4/h6-8,14H,1-5H3. The second kappa shape index (κ2) is 4.11. The van der Waals surface area contributed by atoms with Crippen molar-refractivity contribution in [2.45, 2.75) is 19.4 Å². The van der Waals surface area contributed by atoms with E-state index in [1.165, 1.54) is 0 Å². The van der Waals surface area contributed by atoms with Gasteiger partial charge in [-0.2, -0.15) is 0 Å². The van der Waals surface area contributed by atoms with E-state index in [0.717, 1.165) is 17.0 Å². The highest BCUT2D eigenvalue weighted by Gasteiger charge is 2.21. The van der Waals surface area contributed by atoms with Gasteiger partial charge in [0.05, 0.1) is 12.7 Å². The van der Waals surface area contributed by atoms with Crippen LogP contribution in [0, 0.1) is 0 Å². The zero-order valence-corrected chi connectivity index (χ0v) is 10.0. The Balaban J connectivity index is 3.29. The number of benzene rings is 1. The van der Waals surface area contributed by atoms with Gasteiger partial charge in [-0.05, 0) is 32.0 Å². The highest BCUT2D eigenvalue weighted by Crippen LogP contribution is 2.32. The molecule has 1 N–H and O–H groups in total. The molecule has 15 heavy (non-hydrogen) atoms. The smallest absolute Gasteiger partial charge is 0.119 e. The normalized spacial score (nSPS) is 11.3. The summed E-state index contributed by atoms with van der Waals surface area (Å²) in [5, 5.41) is 10.1. The molecule has 0 saturated heterocycles. The van der Waals surface area contributed by atoms with Crippen LogP contribution in [0.25, 0.3) is 0 Å². The maximum absolute atomic E-state index is 10.1. The van der Waals surface area contributed by atoms with Crippen LogP contribution in [0.15, 0.2) is 18.2 Å². The van der Waals surface area contributed by atoms with Crippen LogP contribution in [0.2, 0.25) is 0 Å². The lowest BCUT2D eigenvalue weighted by molar-refractivity contribution is 0.0788. The molecule has 0 amide bonds. The first kappa shape index (κ1) is 11.9. The van der Waals surface area contributed by atoms with Gasteiger partial charge in [-0.15, -0.1) is 0 Å². The van der Waals surface area contributed by atoms with Gasteiger partial charge in [0.15, 0.2) is 0 Å². The van der Waals surface area contributed by atoms with Crippen molar-refractivity contribution in [3.05, 3.63) is 23.8 Å². The molecule has 3 nitrogen and oxygen atoms in total. The lowest BCUT2D eigenvalue weighted by Gasteiger charge is -2.26. The van der Waals surface area contributed by atoms with E-state index in [1.807, 2.05) is 37.2 Å². The third kappa shape index (κ3) is 2.63. The number of ether oxygens (including phenoxy) is 1. The molecule has 1 aromatic carbocycles. The second-order valence-corrected chi connectivity index (χ2v) is 4.34. The van der Waals surface area contributed by atoms with Crippen LogP contribution in [0.4, 0.5) is 5.69 Å². The average molecular weight is 209 g/mol. The van der Waals surface area contributed by atoms with Crippen LogP contribution in [-0.2, 0) is 5.60 Å². The summed E-state index contributed by atoms with van der Waals surface area (Å²) in [4.78, 5) is 1.98. The minimum Gasteiger partial charge on any atom is -0.497 e. The monoisotopic (exact) mass is 209 g/mol. The van der Waals surface area contributed by atoms with Gasteiger partial charge in [0.25, 0.3) is 0 Å². The molecule has 0 aliphatic carbocycles. The Kier molecular flexibility index (Phi) is 3.25. The maximum atomic E-state index is 10.1. The quantitative estimate of drug-likeness (QED) is 0.826. The summed E-state index contributed by atoms with van der Waals surface area (Å²) < 4.78 is 5.16. The SMILES string of the molecule is COc1ccc(N(C)C)c(C(C)(C)O)c1. The molecule has 0 saturated carbocycles. The van der Waals surface area contributed by atoms with E-state index in [-0.39, 0.29) is 0 Å². The molecule has 0 aliphatic heterocycles. The van der Waals surface area contributed by atoms with Gasteiger partial charge in [0.1, 0.15) is 5.75 Å². The fraction of sp³-hybridized carbons (Fsp3) is 0.500. The minimum atomic E-state index is -0.867. The van der Waals surface area contributed by atoms with Crippen LogP contribution < -0.4 is 9.64 Å². The average Bonchev–Trinajstić information content (AvgIpc) is 2.15. The molecule has 84 valence electrons. The molecular formula is C12H19NO2. The molecule has 0 fully saturated rings. The van der Waals surface area contributed by atoms with Gasteiger partial charge in [0, 0.05) is 25.3 Å². The molecule has 0 bridgehead atoms. The molecule has 0 radical (unpaired) electrons. The lowest BCUT2D eigenvalue weighted by atomic mass is 9.96. The predicted octanol–water partition coefficient (Wildman–Crippen LogP) is 1.99. The fourth-order valence-electron chi connectivity index (χ4n) is 1.52.